The van der Waals surface area contributed by atoms with Gasteiger partial charge in [-0.05, 0) is 24.1 Å². The minimum atomic E-state index is -0.709. The van der Waals surface area contributed by atoms with Gasteiger partial charge in [0.05, 0.1) is 0 Å². The molecule has 2 N–H and O–H groups in total. The van der Waals surface area contributed by atoms with E-state index in [-0.39, 0.29) is 5.25 Å². The molecular formula is C11H17NOS. The highest BCUT2D eigenvalue weighted by atomic mass is 32.2. The first-order chi connectivity index (χ1) is 6.59. The lowest BCUT2D eigenvalue weighted by Crippen LogP contribution is -2.11. The monoisotopic (exact) mass is 211 g/mol. The predicted octanol–water partition coefficient (Wildman–Crippen LogP) is 1.97. The Hall–Kier alpha value is -0.830. The molecule has 2 nitrogen and oxygen atoms in total. The van der Waals surface area contributed by atoms with Gasteiger partial charge >= 0.3 is 0 Å². The van der Waals surface area contributed by atoms with Gasteiger partial charge in [0.1, 0.15) is 0 Å². The summed E-state index contributed by atoms with van der Waals surface area (Å²) in [6.45, 7) is 3.97. The van der Waals surface area contributed by atoms with E-state index in [1.54, 1.807) is 0 Å². The van der Waals surface area contributed by atoms with Crippen molar-refractivity contribution in [3.8, 4) is 0 Å². The largest absolute Gasteiger partial charge is 0.399 e. The number of hydrogen-bond donors (Lipinski definition) is 1. The van der Waals surface area contributed by atoms with E-state index in [0.717, 1.165) is 17.9 Å². The summed E-state index contributed by atoms with van der Waals surface area (Å²) in [5, 5.41) is 0.254. The molecule has 0 heterocycles. The van der Waals surface area contributed by atoms with E-state index in [0.29, 0.717) is 0 Å². The Bertz CT molecular complexity index is 306. The Morgan fingerprint density at radius 2 is 1.86 bits per heavy atom. The van der Waals surface area contributed by atoms with E-state index in [1.807, 2.05) is 38.1 Å². The smallest absolute Gasteiger partial charge is 0.0314 e. The second kappa shape index (κ2) is 5.15. The molecule has 0 fully saturated rings. The predicted molar refractivity (Wildman–Crippen MR) is 62.7 cm³/mol. The van der Waals surface area contributed by atoms with Gasteiger partial charge in [-0.2, -0.15) is 0 Å². The molecule has 0 aliphatic carbocycles. The fourth-order valence-electron chi connectivity index (χ4n) is 1.14. The second-order valence-electron chi connectivity index (χ2n) is 3.63. The van der Waals surface area contributed by atoms with Gasteiger partial charge < -0.3 is 5.73 Å². The van der Waals surface area contributed by atoms with Crippen LogP contribution in [0.15, 0.2) is 24.3 Å². The van der Waals surface area contributed by atoms with Crippen molar-refractivity contribution in [2.45, 2.75) is 25.5 Å². The quantitative estimate of drug-likeness (QED) is 0.774. The SMILES string of the molecule is CC(C)S(=O)CCc1ccc(N)cc1. The zero-order valence-corrected chi connectivity index (χ0v) is 9.51. The van der Waals surface area contributed by atoms with Crippen LogP contribution in [0, 0.1) is 0 Å². The highest BCUT2D eigenvalue weighted by Gasteiger charge is 2.04. The summed E-state index contributed by atoms with van der Waals surface area (Å²) in [7, 11) is -0.709. The van der Waals surface area contributed by atoms with Gasteiger partial charge in [0, 0.05) is 27.5 Å². The lowest BCUT2D eigenvalue weighted by Gasteiger charge is -2.05. The first-order valence-electron chi connectivity index (χ1n) is 4.81. The molecule has 1 aromatic rings. The molecular weight excluding hydrogens is 194 g/mol. The number of anilines is 1. The number of benzene rings is 1. The first kappa shape index (κ1) is 11.2. The van der Waals surface area contributed by atoms with Crippen molar-refractivity contribution in [1.29, 1.82) is 0 Å². The normalized spacial score (nSPS) is 13.1. The van der Waals surface area contributed by atoms with Gasteiger partial charge in [-0.1, -0.05) is 26.0 Å². The van der Waals surface area contributed by atoms with Gasteiger partial charge in [-0.3, -0.25) is 4.21 Å². The van der Waals surface area contributed by atoms with E-state index in [1.165, 1.54) is 5.56 Å². The molecule has 0 aliphatic rings. The van der Waals surface area contributed by atoms with Crippen molar-refractivity contribution in [3.05, 3.63) is 29.8 Å². The van der Waals surface area contributed by atoms with Crippen LogP contribution in [0.5, 0.6) is 0 Å². The van der Waals surface area contributed by atoms with Crippen LogP contribution in [-0.2, 0) is 17.2 Å². The molecule has 0 aliphatic heterocycles. The highest BCUT2D eigenvalue weighted by Crippen LogP contribution is 2.07. The molecule has 0 radical (unpaired) electrons. The minimum absolute atomic E-state index is 0.254. The van der Waals surface area contributed by atoms with Crippen LogP contribution in [0.2, 0.25) is 0 Å². The summed E-state index contributed by atoms with van der Waals surface area (Å²) in [6, 6.07) is 7.75. The molecule has 1 rings (SSSR count). The van der Waals surface area contributed by atoms with Gasteiger partial charge in [0.25, 0.3) is 0 Å². The summed E-state index contributed by atoms with van der Waals surface area (Å²) in [6.07, 6.45) is 0.866. The Kier molecular flexibility index (Phi) is 4.14. The van der Waals surface area contributed by atoms with E-state index >= 15 is 0 Å². The molecule has 1 unspecified atom stereocenters. The molecule has 0 amide bonds. The van der Waals surface area contributed by atoms with Crippen LogP contribution < -0.4 is 5.73 Å². The Labute approximate surface area is 88.0 Å². The lowest BCUT2D eigenvalue weighted by molar-refractivity contribution is 0.676. The molecule has 78 valence electrons. The summed E-state index contributed by atoms with van der Waals surface area (Å²) >= 11 is 0. The maximum Gasteiger partial charge on any atom is 0.0314 e. The minimum Gasteiger partial charge on any atom is -0.399 e. The maximum absolute atomic E-state index is 11.5. The molecule has 0 aromatic heterocycles. The number of rotatable bonds is 4. The van der Waals surface area contributed by atoms with Gasteiger partial charge in [0.2, 0.25) is 0 Å². The third-order valence-electron chi connectivity index (χ3n) is 2.10. The van der Waals surface area contributed by atoms with E-state index in [4.69, 9.17) is 5.73 Å². The fraction of sp³-hybridized carbons (Fsp3) is 0.455. The fourth-order valence-corrected chi connectivity index (χ4v) is 2.05. The molecule has 0 spiro atoms. The molecule has 1 aromatic carbocycles. The van der Waals surface area contributed by atoms with E-state index in [2.05, 4.69) is 0 Å². The topological polar surface area (TPSA) is 43.1 Å². The van der Waals surface area contributed by atoms with Crippen LogP contribution >= 0.6 is 0 Å². The number of aryl methyl sites for hydroxylation is 1. The molecule has 1 atom stereocenters. The van der Waals surface area contributed by atoms with Crippen molar-refractivity contribution in [1.82, 2.24) is 0 Å². The average molecular weight is 211 g/mol. The second-order valence-corrected chi connectivity index (χ2v) is 5.74. The number of hydrogen-bond acceptors (Lipinski definition) is 2. The van der Waals surface area contributed by atoms with Gasteiger partial charge in [-0.25, -0.2) is 0 Å². The van der Waals surface area contributed by atoms with Crippen LogP contribution in [0.4, 0.5) is 5.69 Å². The zero-order chi connectivity index (χ0) is 10.6. The first-order valence-corrected chi connectivity index (χ1v) is 6.19. The zero-order valence-electron chi connectivity index (χ0n) is 8.69. The van der Waals surface area contributed by atoms with Crippen LogP contribution in [0.1, 0.15) is 19.4 Å². The van der Waals surface area contributed by atoms with Crippen LogP contribution in [-0.4, -0.2) is 15.2 Å². The van der Waals surface area contributed by atoms with Crippen LogP contribution in [0.25, 0.3) is 0 Å². The Morgan fingerprint density at radius 1 is 1.29 bits per heavy atom. The van der Waals surface area contributed by atoms with E-state index < -0.39 is 10.8 Å². The summed E-state index contributed by atoms with van der Waals surface area (Å²) < 4.78 is 11.5. The maximum atomic E-state index is 11.5. The summed E-state index contributed by atoms with van der Waals surface area (Å²) in [4.78, 5) is 0. The number of nitrogens with two attached hydrogens (primary N) is 1. The van der Waals surface area contributed by atoms with Crippen LogP contribution in [0.3, 0.4) is 0 Å². The van der Waals surface area contributed by atoms with Crippen molar-refractivity contribution in [2.24, 2.45) is 0 Å². The molecule has 0 bridgehead atoms. The lowest BCUT2D eigenvalue weighted by atomic mass is 10.2. The number of nitrogen functional groups attached to an aromatic ring is 1. The van der Waals surface area contributed by atoms with Crippen molar-refractivity contribution in [2.75, 3.05) is 11.5 Å². The average Bonchev–Trinajstić information content (AvgIpc) is 2.16. The highest BCUT2D eigenvalue weighted by molar-refractivity contribution is 7.85. The molecule has 0 saturated heterocycles. The third-order valence-corrected chi connectivity index (χ3v) is 3.76. The van der Waals surface area contributed by atoms with E-state index in [9.17, 15) is 4.21 Å². The third kappa shape index (κ3) is 3.50. The van der Waals surface area contributed by atoms with Crippen molar-refractivity contribution >= 4 is 16.5 Å². The van der Waals surface area contributed by atoms with Crippen molar-refractivity contribution < 1.29 is 4.21 Å². The summed E-state index contributed by atoms with van der Waals surface area (Å²) in [5.74, 6) is 0.738. The van der Waals surface area contributed by atoms with Crippen molar-refractivity contribution in [3.63, 3.8) is 0 Å². The molecule has 3 heteroatoms. The standard InChI is InChI=1S/C11H17NOS/c1-9(2)14(13)8-7-10-3-5-11(12)6-4-10/h3-6,9H,7-8,12H2,1-2H3. The Morgan fingerprint density at radius 3 is 2.36 bits per heavy atom. The van der Waals surface area contributed by atoms with Gasteiger partial charge in [-0.15, -0.1) is 0 Å². The molecule has 14 heavy (non-hydrogen) atoms. The Balaban J connectivity index is 2.46. The molecule has 0 saturated carbocycles. The summed E-state index contributed by atoms with van der Waals surface area (Å²) in [5.41, 5.74) is 7.55. The van der Waals surface area contributed by atoms with Gasteiger partial charge in [0.15, 0.2) is 0 Å².